The number of aliphatic hydroxyl groups excluding tert-OH is 1. The van der Waals surface area contributed by atoms with Crippen LogP contribution in [-0.2, 0) is 28.2 Å². The lowest BCUT2D eigenvalue weighted by molar-refractivity contribution is -0.147. The first-order valence-corrected chi connectivity index (χ1v) is 16.0. The first-order valence-electron chi connectivity index (χ1n) is 14.1. The number of carbonyl (C=O) groups is 1. The number of aliphatic hydroxyl groups is 1. The number of esters is 1. The van der Waals surface area contributed by atoms with Crippen LogP contribution in [0.15, 0.2) is 72.3 Å². The maximum Gasteiger partial charge on any atom is 0.308 e. The van der Waals surface area contributed by atoms with Gasteiger partial charge >= 0.3 is 5.97 Å². The van der Waals surface area contributed by atoms with Gasteiger partial charge in [0.05, 0.1) is 25.2 Å². The Morgan fingerprint density at radius 1 is 1.10 bits per heavy atom. The van der Waals surface area contributed by atoms with Crippen molar-refractivity contribution < 1.29 is 33.3 Å². The summed E-state index contributed by atoms with van der Waals surface area (Å²) in [5, 5.41) is 13.5. The van der Waals surface area contributed by atoms with Crippen molar-refractivity contribution >= 4 is 24.7 Å². The van der Waals surface area contributed by atoms with Crippen LogP contribution in [-0.4, -0.2) is 70.9 Å². The second kappa shape index (κ2) is 15.1. The standard InChI is InChI=1S/C32H46O7Si/c1-7-36-30(34)22-25-21-29(37-23-35-6)31(39-25)28(33)20-24(2)18-19-38-40(32(3,4)5,26-14-10-8-11-15-26)27-16-12-9-13-17-27/h8-17,20,25,28-29,31,33H,7,18-19,21-23H2,1-6H3/b24-20+/t25-,28+,29-,31+/m1/s1. The molecule has 0 saturated carbocycles. The highest BCUT2D eigenvalue weighted by atomic mass is 28.4. The number of carbonyl (C=O) groups excluding carboxylic acids is 1. The molecule has 0 spiro atoms. The van der Waals surface area contributed by atoms with E-state index in [2.05, 4.69) is 69.3 Å². The molecule has 1 heterocycles. The van der Waals surface area contributed by atoms with Crippen LogP contribution in [0.4, 0.5) is 0 Å². The zero-order valence-corrected chi connectivity index (χ0v) is 25.8. The molecule has 220 valence electrons. The monoisotopic (exact) mass is 570 g/mol. The molecule has 1 saturated heterocycles. The van der Waals surface area contributed by atoms with Crippen LogP contribution in [0.1, 0.15) is 53.9 Å². The molecule has 0 unspecified atom stereocenters. The Hall–Kier alpha value is -2.33. The van der Waals surface area contributed by atoms with Gasteiger partial charge in [0, 0.05) is 20.1 Å². The second-order valence-corrected chi connectivity index (χ2v) is 15.7. The predicted molar refractivity (Wildman–Crippen MR) is 159 cm³/mol. The highest BCUT2D eigenvalue weighted by Crippen LogP contribution is 2.37. The first kappa shape index (κ1) is 32.2. The molecule has 7 nitrogen and oxygen atoms in total. The zero-order chi connectivity index (χ0) is 29.2. The van der Waals surface area contributed by atoms with Gasteiger partial charge in [-0.05, 0) is 35.7 Å². The first-order chi connectivity index (χ1) is 19.1. The summed E-state index contributed by atoms with van der Waals surface area (Å²) in [5.74, 6) is -0.319. The van der Waals surface area contributed by atoms with Crippen molar-refractivity contribution in [3.63, 3.8) is 0 Å². The van der Waals surface area contributed by atoms with E-state index in [0.29, 0.717) is 26.1 Å². The van der Waals surface area contributed by atoms with Crippen LogP contribution in [0.2, 0.25) is 5.04 Å². The van der Waals surface area contributed by atoms with E-state index in [9.17, 15) is 9.90 Å². The Bertz CT molecular complexity index is 1030. The van der Waals surface area contributed by atoms with Gasteiger partial charge in [-0.2, -0.15) is 0 Å². The summed E-state index contributed by atoms with van der Waals surface area (Å²) in [4.78, 5) is 12.0. The molecule has 4 atom stereocenters. The van der Waals surface area contributed by atoms with Gasteiger partial charge in [-0.25, -0.2) is 0 Å². The summed E-state index contributed by atoms with van der Waals surface area (Å²) in [5.41, 5.74) is 0.994. The van der Waals surface area contributed by atoms with Gasteiger partial charge in [0.2, 0.25) is 0 Å². The molecular weight excluding hydrogens is 524 g/mol. The highest BCUT2D eigenvalue weighted by Gasteiger charge is 2.50. The van der Waals surface area contributed by atoms with E-state index >= 15 is 0 Å². The molecule has 0 aliphatic carbocycles. The minimum atomic E-state index is -2.63. The van der Waals surface area contributed by atoms with Gasteiger partial charge in [-0.1, -0.05) is 93.1 Å². The van der Waals surface area contributed by atoms with Gasteiger partial charge in [0.15, 0.2) is 0 Å². The topological polar surface area (TPSA) is 83.5 Å². The molecule has 1 aliphatic heterocycles. The lowest BCUT2D eigenvalue weighted by Crippen LogP contribution is -2.66. The number of rotatable bonds is 14. The molecule has 3 rings (SSSR count). The van der Waals surface area contributed by atoms with Crippen molar-refractivity contribution in [2.75, 3.05) is 27.1 Å². The molecule has 8 heteroatoms. The predicted octanol–water partition coefficient (Wildman–Crippen LogP) is 4.36. The number of methoxy groups -OCH3 is 1. The van der Waals surface area contributed by atoms with Gasteiger partial charge < -0.3 is 28.5 Å². The Kier molecular flexibility index (Phi) is 12.1. The van der Waals surface area contributed by atoms with Crippen LogP contribution in [0, 0.1) is 0 Å². The molecule has 1 N–H and O–H groups in total. The van der Waals surface area contributed by atoms with E-state index in [0.717, 1.165) is 5.57 Å². The molecule has 2 aromatic carbocycles. The molecule has 0 amide bonds. The fourth-order valence-corrected chi connectivity index (χ4v) is 10.1. The second-order valence-electron chi connectivity index (χ2n) is 11.3. The Morgan fingerprint density at radius 2 is 1.70 bits per heavy atom. The number of benzene rings is 2. The molecule has 40 heavy (non-hydrogen) atoms. The van der Waals surface area contributed by atoms with E-state index in [1.165, 1.54) is 10.4 Å². The van der Waals surface area contributed by atoms with Crippen LogP contribution in [0.5, 0.6) is 0 Å². The maximum atomic E-state index is 12.0. The van der Waals surface area contributed by atoms with Crippen LogP contribution >= 0.6 is 0 Å². The van der Waals surface area contributed by atoms with Gasteiger partial charge in [0.1, 0.15) is 19.0 Å². The lowest BCUT2D eigenvalue weighted by Gasteiger charge is -2.43. The fourth-order valence-electron chi connectivity index (χ4n) is 5.51. The Balaban J connectivity index is 1.74. The summed E-state index contributed by atoms with van der Waals surface area (Å²) in [6, 6.07) is 21.1. The van der Waals surface area contributed by atoms with Crippen LogP contribution < -0.4 is 10.4 Å². The maximum absolute atomic E-state index is 12.0. The molecule has 0 bridgehead atoms. The summed E-state index contributed by atoms with van der Waals surface area (Å²) >= 11 is 0. The molecule has 0 radical (unpaired) electrons. The third-order valence-electron chi connectivity index (χ3n) is 7.33. The quantitative estimate of drug-likeness (QED) is 0.156. The molecule has 1 aliphatic rings. The molecule has 2 aromatic rings. The van der Waals surface area contributed by atoms with Gasteiger partial charge in [-0.15, -0.1) is 0 Å². The van der Waals surface area contributed by atoms with Crippen LogP contribution in [0.3, 0.4) is 0 Å². The van der Waals surface area contributed by atoms with E-state index < -0.39 is 26.6 Å². The van der Waals surface area contributed by atoms with Crippen molar-refractivity contribution in [3.8, 4) is 0 Å². The van der Waals surface area contributed by atoms with Crippen molar-refractivity contribution in [1.82, 2.24) is 0 Å². The third kappa shape index (κ3) is 8.12. The van der Waals surface area contributed by atoms with Crippen molar-refractivity contribution in [1.29, 1.82) is 0 Å². The minimum Gasteiger partial charge on any atom is -0.466 e. The average Bonchev–Trinajstić information content (AvgIpc) is 3.32. The highest BCUT2D eigenvalue weighted by molar-refractivity contribution is 6.99. The molecule has 0 aromatic heterocycles. The summed E-state index contributed by atoms with van der Waals surface area (Å²) in [7, 11) is -1.08. The minimum absolute atomic E-state index is 0.0817. The summed E-state index contributed by atoms with van der Waals surface area (Å²) in [6.45, 7) is 11.5. The Morgan fingerprint density at radius 3 is 2.23 bits per heavy atom. The fraction of sp³-hybridized carbons (Fsp3) is 0.531. The summed E-state index contributed by atoms with van der Waals surface area (Å²) < 4.78 is 29.0. The van der Waals surface area contributed by atoms with E-state index in [1.54, 1.807) is 14.0 Å². The SMILES string of the molecule is CCOC(=O)C[C@H]1C[C@@H](OCOC)[C@H]([C@@H](O)/C=C(\C)CCO[Si](c2ccccc2)(c2ccccc2)C(C)(C)C)O1. The smallest absolute Gasteiger partial charge is 0.308 e. The van der Waals surface area contributed by atoms with Crippen LogP contribution in [0.25, 0.3) is 0 Å². The van der Waals surface area contributed by atoms with Gasteiger partial charge in [-0.3, -0.25) is 4.79 Å². The zero-order valence-electron chi connectivity index (χ0n) is 24.8. The van der Waals surface area contributed by atoms with E-state index in [-0.39, 0.29) is 30.3 Å². The number of hydrogen-bond acceptors (Lipinski definition) is 7. The van der Waals surface area contributed by atoms with E-state index in [1.807, 2.05) is 25.1 Å². The largest absolute Gasteiger partial charge is 0.466 e. The van der Waals surface area contributed by atoms with Crippen molar-refractivity contribution in [2.45, 2.75) is 83.3 Å². The van der Waals surface area contributed by atoms with Gasteiger partial charge in [0.25, 0.3) is 8.32 Å². The third-order valence-corrected chi connectivity index (χ3v) is 12.4. The molecule has 1 fully saturated rings. The van der Waals surface area contributed by atoms with E-state index in [4.69, 9.17) is 23.4 Å². The number of ether oxygens (including phenoxy) is 4. The Labute approximate surface area is 240 Å². The summed E-state index contributed by atoms with van der Waals surface area (Å²) in [6.07, 6.45) is 0.787. The number of hydrogen-bond donors (Lipinski definition) is 1. The van der Waals surface area contributed by atoms with Crippen molar-refractivity contribution in [3.05, 3.63) is 72.3 Å². The average molecular weight is 571 g/mol. The molecular formula is C32H46O7Si. The lowest BCUT2D eigenvalue weighted by atomic mass is 10.0. The van der Waals surface area contributed by atoms with Crippen molar-refractivity contribution in [2.24, 2.45) is 0 Å². The normalized spacial score (nSPS) is 20.9.